The van der Waals surface area contributed by atoms with Gasteiger partial charge in [-0.1, -0.05) is 0 Å². The zero-order chi connectivity index (χ0) is 23.3. The van der Waals surface area contributed by atoms with E-state index in [-0.39, 0.29) is 36.2 Å². The van der Waals surface area contributed by atoms with Crippen molar-refractivity contribution in [3.63, 3.8) is 0 Å². The molecule has 9 heteroatoms. The van der Waals surface area contributed by atoms with Gasteiger partial charge in [0.25, 0.3) is 17.5 Å². The fraction of sp³-hybridized carbons (Fsp3) is 0.304. The van der Waals surface area contributed by atoms with Gasteiger partial charge in [0.15, 0.2) is 0 Å². The Morgan fingerprint density at radius 1 is 1.03 bits per heavy atom. The van der Waals surface area contributed by atoms with Gasteiger partial charge in [0, 0.05) is 17.8 Å². The van der Waals surface area contributed by atoms with Gasteiger partial charge in [0.1, 0.15) is 11.4 Å². The van der Waals surface area contributed by atoms with Crippen molar-refractivity contribution in [3.05, 3.63) is 69.9 Å². The predicted molar refractivity (Wildman–Crippen MR) is 119 cm³/mol. The van der Waals surface area contributed by atoms with Gasteiger partial charge in [-0.25, -0.2) is 0 Å². The largest absolute Gasteiger partial charge is 0.494 e. The van der Waals surface area contributed by atoms with Crippen molar-refractivity contribution in [3.8, 4) is 5.75 Å². The minimum atomic E-state index is -0.519. The lowest BCUT2D eigenvalue weighted by molar-refractivity contribution is -0.384. The molecule has 0 unspecified atom stereocenters. The summed E-state index contributed by atoms with van der Waals surface area (Å²) in [7, 11) is 0. The molecule has 9 nitrogen and oxygen atoms in total. The Morgan fingerprint density at radius 2 is 1.69 bits per heavy atom. The van der Waals surface area contributed by atoms with Crippen molar-refractivity contribution in [1.29, 1.82) is 0 Å². The normalized spacial score (nSPS) is 13.8. The number of hydrogen-bond acceptors (Lipinski definition) is 7. The monoisotopic (exact) mass is 439 g/mol. The Hall–Kier alpha value is -3.72. The average molecular weight is 439 g/mol. The molecule has 0 atom stereocenters. The van der Waals surface area contributed by atoms with Gasteiger partial charge in [-0.2, -0.15) is 0 Å². The van der Waals surface area contributed by atoms with E-state index >= 15 is 0 Å². The standard InChI is InChI=1S/C23H25N3O6/c1-4-31-19-11-7-17(8-12-19)24-21-20(16-5-9-18(10-6-16)26(29)30)22(27)25(23(21)28)13-14-32-15(2)3/h5-12,15,24H,4,13-14H2,1-3H3. The van der Waals surface area contributed by atoms with E-state index in [4.69, 9.17) is 9.47 Å². The van der Waals surface area contributed by atoms with Crippen molar-refractivity contribution < 1.29 is 24.0 Å². The smallest absolute Gasteiger partial charge is 0.278 e. The van der Waals surface area contributed by atoms with Crippen LogP contribution in [0.15, 0.2) is 54.2 Å². The number of anilines is 1. The molecule has 32 heavy (non-hydrogen) atoms. The number of imide groups is 1. The highest BCUT2D eigenvalue weighted by Crippen LogP contribution is 2.31. The minimum absolute atomic E-state index is 0.0358. The molecule has 0 aliphatic carbocycles. The molecule has 2 amide bonds. The molecular formula is C23H25N3O6. The Kier molecular flexibility index (Phi) is 7.21. The lowest BCUT2D eigenvalue weighted by Crippen LogP contribution is -2.35. The van der Waals surface area contributed by atoms with Crippen LogP contribution in [0.4, 0.5) is 11.4 Å². The molecule has 1 aliphatic rings. The Morgan fingerprint density at radius 3 is 2.25 bits per heavy atom. The summed E-state index contributed by atoms with van der Waals surface area (Å²) in [6.07, 6.45) is -0.0358. The third-order valence-corrected chi connectivity index (χ3v) is 4.74. The van der Waals surface area contributed by atoms with Crippen LogP contribution in [0.5, 0.6) is 5.75 Å². The van der Waals surface area contributed by atoms with Gasteiger partial charge < -0.3 is 14.8 Å². The molecule has 0 bridgehead atoms. The van der Waals surface area contributed by atoms with Crippen LogP contribution >= 0.6 is 0 Å². The quantitative estimate of drug-likeness (QED) is 0.342. The van der Waals surface area contributed by atoms with Gasteiger partial charge in [-0.15, -0.1) is 0 Å². The first-order chi connectivity index (χ1) is 15.3. The zero-order valence-electron chi connectivity index (χ0n) is 18.2. The summed E-state index contributed by atoms with van der Waals surface area (Å²) >= 11 is 0. The van der Waals surface area contributed by atoms with Crippen LogP contribution in [-0.2, 0) is 14.3 Å². The highest BCUT2D eigenvalue weighted by Gasteiger charge is 2.39. The van der Waals surface area contributed by atoms with E-state index in [1.807, 2.05) is 20.8 Å². The molecule has 0 fully saturated rings. The third kappa shape index (κ3) is 5.12. The molecule has 0 spiro atoms. The van der Waals surface area contributed by atoms with Gasteiger partial charge in [-0.3, -0.25) is 24.6 Å². The molecule has 0 radical (unpaired) electrons. The number of non-ortho nitro benzene ring substituents is 1. The fourth-order valence-electron chi connectivity index (χ4n) is 3.24. The fourth-order valence-corrected chi connectivity index (χ4v) is 3.24. The van der Waals surface area contributed by atoms with Crippen molar-refractivity contribution in [1.82, 2.24) is 4.90 Å². The molecule has 2 aromatic rings. The van der Waals surface area contributed by atoms with E-state index in [2.05, 4.69) is 5.32 Å². The van der Waals surface area contributed by atoms with Crippen LogP contribution < -0.4 is 10.1 Å². The number of nitrogens with zero attached hydrogens (tertiary/aromatic N) is 2. The molecule has 2 aromatic carbocycles. The molecule has 1 N–H and O–H groups in total. The van der Waals surface area contributed by atoms with Crippen molar-refractivity contribution in [2.24, 2.45) is 0 Å². The third-order valence-electron chi connectivity index (χ3n) is 4.74. The highest BCUT2D eigenvalue weighted by atomic mass is 16.6. The van der Waals surface area contributed by atoms with Gasteiger partial charge >= 0.3 is 0 Å². The molecular weight excluding hydrogens is 414 g/mol. The van der Waals surface area contributed by atoms with Crippen LogP contribution in [0.2, 0.25) is 0 Å². The van der Waals surface area contributed by atoms with Crippen LogP contribution in [0.25, 0.3) is 5.57 Å². The minimum Gasteiger partial charge on any atom is -0.494 e. The number of nitro benzene ring substituents is 1. The maximum atomic E-state index is 13.1. The molecule has 1 heterocycles. The molecule has 168 valence electrons. The van der Waals surface area contributed by atoms with Gasteiger partial charge in [0.05, 0.1) is 36.4 Å². The number of nitrogens with one attached hydrogen (secondary N) is 1. The van der Waals surface area contributed by atoms with Crippen LogP contribution in [0.3, 0.4) is 0 Å². The Labute approximate surface area is 185 Å². The molecule has 0 aromatic heterocycles. The SMILES string of the molecule is CCOc1ccc(NC2=C(c3ccc([N+](=O)[O-])cc3)C(=O)N(CCOC(C)C)C2=O)cc1. The number of hydrogen-bond donors (Lipinski definition) is 1. The topological polar surface area (TPSA) is 111 Å². The maximum Gasteiger partial charge on any atom is 0.278 e. The average Bonchev–Trinajstić information content (AvgIpc) is 2.99. The summed E-state index contributed by atoms with van der Waals surface area (Å²) in [5, 5.41) is 14.0. The first kappa shape index (κ1) is 23.0. The van der Waals surface area contributed by atoms with Crippen LogP contribution in [0.1, 0.15) is 26.3 Å². The summed E-state index contributed by atoms with van der Waals surface area (Å²) < 4.78 is 10.9. The summed E-state index contributed by atoms with van der Waals surface area (Å²) in [5.41, 5.74) is 1.18. The number of rotatable bonds is 10. The first-order valence-electron chi connectivity index (χ1n) is 10.3. The summed E-state index contributed by atoms with van der Waals surface area (Å²) in [4.78, 5) is 37.9. The molecule has 0 saturated carbocycles. The van der Waals surface area contributed by atoms with E-state index in [1.54, 1.807) is 24.3 Å². The second-order valence-corrected chi connectivity index (χ2v) is 7.32. The molecule has 1 aliphatic heterocycles. The van der Waals surface area contributed by atoms with E-state index in [1.165, 1.54) is 24.3 Å². The van der Waals surface area contributed by atoms with Crippen molar-refractivity contribution in [2.45, 2.75) is 26.9 Å². The van der Waals surface area contributed by atoms with E-state index < -0.39 is 16.7 Å². The lowest BCUT2D eigenvalue weighted by Gasteiger charge is -2.16. The van der Waals surface area contributed by atoms with E-state index in [0.29, 0.717) is 23.6 Å². The number of nitro groups is 1. The Bertz CT molecular complexity index is 1030. The van der Waals surface area contributed by atoms with E-state index in [9.17, 15) is 19.7 Å². The van der Waals surface area contributed by atoms with Gasteiger partial charge in [0.2, 0.25) is 0 Å². The highest BCUT2D eigenvalue weighted by molar-refractivity contribution is 6.36. The van der Waals surface area contributed by atoms with Crippen LogP contribution in [0, 0.1) is 10.1 Å². The number of carbonyl (C=O) groups excluding carboxylic acids is 2. The number of carbonyl (C=O) groups is 2. The van der Waals surface area contributed by atoms with Crippen molar-refractivity contribution in [2.75, 3.05) is 25.1 Å². The Balaban J connectivity index is 1.94. The van der Waals surface area contributed by atoms with E-state index in [0.717, 1.165) is 4.90 Å². The number of ether oxygens (including phenoxy) is 2. The zero-order valence-corrected chi connectivity index (χ0v) is 18.2. The second-order valence-electron chi connectivity index (χ2n) is 7.32. The molecule has 3 rings (SSSR count). The summed E-state index contributed by atoms with van der Waals surface area (Å²) in [6, 6.07) is 12.5. The van der Waals surface area contributed by atoms with Crippen molar-refractivity contribution >= 4 is 28.8 Å². The van der Waals surface area contributed by atoms with Crippen LogP contribution in [-0.4, -0.2) is 47.5 Å². The summed E-state index contributed by atoms with van der Waals surface area (Å²) in [5.74, 6) is -0.279. The second kappa shape index (κ2) is 10.1. The first-order valence-corrected chi connectivity index (χ1v) is 10.3. The lowest BCUT2D eigenvalue weighted by atomic mass is 10.0. The number of benzene rings is 2. The van der Waals surface area contributed by atoms with Gasteiger partial charge in [-0.05, 0) is 62.7 Å². The molecule has 0 saturated heterocycles. The summed E-state index contributed by atoms with van der Waals surface area (Å²) in [6.45, 7) is 6.45. The number of amides is 2. The maximum absolute atomic E-state index is 13.1. The predicted octanol–water partition coefficient (Wildman–Crippen LogP) is 3.61.